The smallest absolute Gasteiger partial charge is 0.331 e. The SMILES string of the molecule is COc1cc(C=CC(=O)O[C@H]2[C@H](O[C@@H]3O[C@@H](C)[C@H](OC(C)=O)[C@@H](O)[C@H]3O)[C@@H](OC(C)=O)[C@H](OCCc3ccc(O)c(O)c3)O[C@@H]2CO)ccc1O. The van der Waals surface area contributed by atoms with Crippen molar-refractivity contribution in [2.75, 3.05) is 20.3 Å². The average molecular weight is 723 g/mol. The van der Waals surface area contributed by atoms with Gasteiger partial charge in [0.15, 0.2) is 53.9 Å². The number of phenolic OH excluding ortho intramolecular Hbond substituents is 3. The van der Waals surface area contributed by atoms with E-state index in [1.807, 2.05) is 0 Å². The van der Waals surface area contributed by atoms with Gasteiger partial charge < -0.3 is 68.5 Å². The van der Waals surface area contributed by atoms with Crippen molar-refractivity contribution in [1.29, 1.82) is 0 Å². The molecular formula is C34H42O17. The Morgan fingerprint density at radius 3 is 2.14 bits per heavy atom. The highest BCUT2D eigenvalue weighted by molar-refractivity contribution is 5.87. The molecule has 0 spiro atoms. The van der Waals surface area contributed by atoms with Crippen LogP contribution >= 0.6 is 0 Å². The molecule has 2 heterocycles. The van der Waals surface area contributed by atoms with Crippen molar-refractivity contribution in [3.8, 4) is 23.0 Å². The molecule has 0 bridgehead atoms. The Kier molecular flexibility index (Phi) is 13.6. The fourth-order valence-corrected chi connectivity index (χ4v) is 5.55. The highest BCUT2D eigenvalue weighted by Crippen LogP contribution is 2.34. The van der Waals surface area contributed by atoms with E-state index in [0.717, 1.165) is 19.9 Å². The molecule has 2 aliphatic heterocycles. The first kappa shape index (κ1) is 39.3. The number of aliphatic hydroxyl groups is 3. The summed E-state index contributed by atoms with van der Waals surface area (Å²) in [6.45, 7) is 2.78. The first-order valence-corrected chi connectivity index (χ1v) is 15.9. The summed E-state index contributed by atoms with van der Waals surface area (Å²) in [5.74, 6) is -3.19. The first-order valence-electron chi connectivity index (χ1n) is 15.9. The zero-order valence-corrected chi connectivity index (χ0v) is 28.2. The molecule has 0 radical (unpaired) electrons. The minimum absolute atomic E-state index is 0.108. The molecule has 2 fully saturated rings. The van der Waals surface area contributed by atoms with Gasteiger partial charge in [-0.25, -0.2) is 4.79 Å². The molecule has 0 saturated carbocycles. The number of aliphatic hydroxyl groups excluding tert-OH is 3. The lowest BCUT2D eigenvalue weighted by Crippen LogP contribution is -2.66. The number of methoxy groups -OCH3 is 1. The average Bonchev–Trinajstić information content (AvgIpc) is 3.08. The molecule has 51 heavy (non-hydrogen) atoms. The molecular weight excluding hydrogens is 680 g/mol. The molecule has 17 heteroatoms. The predicted molar refractivity (Wildman–Crippen MR) is 171 cm³/mol. The van der Waals surface area contributed by atoms with Gasteiger partial charge in [0.05, 0.1) is 26.4 Å². The Hall–Kier alpha value is -4.49. The third kappa shape index (κ3) is 10.1. The fraction of sp³-hybridized carbons (Fsp3) is 0.500. The lowest BCUT2D eigenvalue weighted by Gasteiger charge is -2.47. The largest absolute Gasteiger partial charge is 0.504 e. The van der Waals surface area contributed by atoms with Crippen LogP contribution in [0.4, 0.5) is 0 Å². The Labute approximate surface area is 292 Å². The maximum atomic E-state index is 13.2. The lowest BCUT2D eigenvalue weighted by molar-refractivity contribution is -0.358. The van der Waals surface area contributed by atoms with Gasteiger partial charge in [-0.05, 0) is 54.8 Å². The summed E-state index contributed by atoms with van der Waals surface area (Å²) in [4.78, 5) is 37.2. The number of esters is 3. The molecule has 17 nitrogen and oxygen atoms in total. The van der Waals surface area contributed by atoms with E-state index in [-0.39, 0.29) is 36.0 Å². The molecule has 0 aliphatic carbocycles. The van der Waals surface area contributed by atoms with Crippen LogP contribution in [0.15, 0.2) is 42.5 Å². The molecule has 2 saturated heterocycles. The fourth-order valence-electron chi connectivity index (χ4n) is 5.55. The zero-order chi connectivity index (χ0) is 37.4. The number of phenols is 3. The summed E-state index contributed by atoms with van der Waals surface area (Å²) >= 11 is 0. The van der Waals surface area contributed by atoms with Crippen LogP contribution in [0, 0.1) is 0 Å². The standard InChI is InChI=1S/C34H42O17/c1-16-29(47-17(2)36)27(42)28(43)33(46-16)51-31-30(50-26(41)10-7-19-6-9-22(39)24(14-19)44-4)25(15-35)49-34(32(31)48-18(3)37)45-12-11-20-5-8-21(38)23(40)13-20/h5-10,13-14,16,25,27-35,38-40,42-43H,11-12,15H2,1-4H3/t16-,25+,27-,28+,29-,30+,31-,32+,33-,34+/m0/s1. The summed E-state index contributed by atoms with van der Waals surface area (Å²) in [7, 11) is 1.35. The number of ether oxygens (including phenoxy) is 8. The second-order valence-corrected chi connectivity index (χ2v) is 11.8. The second kappa shape index (κ2) is 17.6. The molecule has 2 aromatic carbocycles. The van der Waals surface area contributed by atoms with Crippen molar-refractivity contribution in [1.82, 2.24) is 0 Å². The summed E-state index contributed by atoms with van der Waals surface area (Å²) in [6.07, 6.45) is -12.4. The van der Waals surface area contributed by atoms with Crippen molar-refractivity contribution in [2.45, 2.75) is 88.6 Å². The second-order valence-electron chi connectivity index (χ2n) is 11.8. The monoisotopic (exact) mass is 722 g/mol. The quantitative estimate of drug-likeness (QED) is 0.0710. The van der Waals surface area contributed by atoms with Crippen molar-refractivity contribution in [3.63, 3.8) is 0 Å². The maximum Gasteiger partial charge on any atom is 0.331 e. The summed E-state index contributed by atoms with van der Waals surface area (Å²) in [6, 6.07) is 8.47. The summed E-state index contributed by atoms with van der Waals surface area (Å²) in [5.41, 5.74) is 1.01. The van der Waals surface area contributed by atoms with Gasteiger partial charge in [0.25, 0.3) is 0 Å². The van der Waals surface area contributed by atoms with Gasteiger partial charge in [0.2, 0.25) is 0 Å². The van der Waals surface area contributed by atoms with Crippen LogP contribution in [0.1, 0.15) is 31.9 Å². The van der Waals surface area contributed by atoms with Crippen LogP contribution in [-0.2, 0) is 54.0 Å². The normalized spacial score (nSPS) is 29.3. The number of hydrogen-bond donors (Lipinski definition) is 6. The maximum absolute atomic E-state index is 13.2. The van der Waals surface area contributed by atoms with Gasteiger partial charge in [-0.1, -0.05) is 12.1 Å². The highest BCUT2D eigenvalue weighted by atomic mass is 16.8. The van der Waals surface area contributed by atoms with E-state index in [1.165, 1.54) is 50.4 Å². The number of aromatic hydroxyl groups is 3. The topological polar surface area (TPSA) is 246 Å². The molecule has 280 valence electrons. The molecule has 2 aliphatic rings. The van der Waals surface area contributed by atoms with E-state index >= 15 is 0 Å². The van der Waals surface area contributed by atoms with Crippen molar-refractivity contribution in [2.24, 2.45) is 0 Å². The minimum Gasteiger partial charge on any atom is -0.504 e. The van der Waals surface area contributed by atoms with Gasteiger partial charge in [-0.3, -0.25) is 9.59 Å². The van der Waals surface area contributed by atoms with Crippen LogP contribution < -0.4 is 4.74 Å². The third-order valence-corrected chi connectivity index (χ3v) is 8.02. The molecule has 4 rings (SSSR count). The number of rotatable bonds is 13. The third-order valence-electron chi connectivity index (χ3n) is 8.02. The van der Waals surface area contributed by atoms with E-state index in [1.54, 1.807) is 6.07 Å². The number of benzene rings is 2. The zero-order valence-electron chi connectivity index (χ0n) is 28.2. The predicted octanol–water partition coefficient (Wildman–Crippen LogP) is 0.429. The molecule has 10 atom stereocenters. The Balaban J connectivity index is 1.63. The van der Waals surface area contributed by atoms with Crippen LogP contribution in [0.25, 0.3) is 6.08 Å². The summed E-state index contributed by atoms with van der Waals surface area (Å²) in [5, 5.41) is 61.5. The van der Waals surface area contributed by atoms with E-state index in [9.17, 15) is 45.0 Å². The van der Waals surface area contributed by atoms with Crippen LogP contribution in [0.5, 0.6) is 23.0 Å². The lowest BCUT2D eigenvalue weighted by atomic mass is 9.96. The van der Waals surface area contributed by atoms with Crippen molar-refractivity contribution in [3.05, 3.63) is 53.6 Å². The Morgan fingerprint density at radius 2 is 1.49 bits per heavy atom. The number of carbonyl (C=O) groups excluding carboxylic acids is 3. The summed E-state index contributed by atoms with van der Waals surface area (Å²) < 4.78 is 45.1. The van der Waals surface area contributed by atoms with Gasteiger partial charge in [-0.15, -0.1) is 0 Å². The first-order chi connectivity index (χ1) is 24.2. The highest BCUT2D eigenvalue weighted by Gasteiger charge is 2.54. The Bertz CT molecular complexity index is 1540. The van der Waals surface area contributed by atoms with Gasteiger partial charge in [-0.2, -0.15) is 0 Å². The van der Waals surface area contributed by atoms with E-state index in [4.69, 9.17) is 37.9 Å². The van der Waals surface area contributed by atoms with E-state index in [0.29, 0.717) is 11.1 Å². The minimum atomic E-state index is -1.83. The van der Waals surface area contributed by atoms with Crippen LogP contribution in [0.3, 0.4) is 0 Å². The van der Waals surface area contributed by atoms with Crippen LogP contribution in [0.2, 0.25) is 0 Å². The molecule has 2 aromatic rings. The Morgan fingerprint density at radius 1 is 0.804 bits per heavy atom. The van der Waals surface area contributed by atoms with E-state index in [2.05, 4.69) is 0 Å². The van der Waals surface area contributed by atoms with Gasteiger partial charge in [0, 0.05) is 19.9 Å². The van der Waals surface area contributed by atoms with Crippen molar-refractivity contribution < 1.29 is 82.9 Å². The van der Waals surface area contributed by atoms with Crippen LogP contribution in [-0.4, -0.2) is 130 Å². The van der Waals surface area contributed by atoms with E-state index < -0.39 is 85.9 Å². The number of hydrogen-bond acceptors (Lipinski definition) is 17. The molecule has 0 amide bonds. The molecule has 6 N–H and O–H groups in total. The van der Waals surface area contributed by atoms with Crippen molar-refractivity contribution >= 4 is 24.0 Å². The molecule has 0 aromatic heterocycles. The van der Waals surface area contributed by atoms with Gasteiger partial charge in [0.1, 0.15) is 24.4 Å². The van der Waals surface area contributed by atoms with Gasteiger partial charge >= 0.3 is 17.9 Å². The molecule has 0 unspecified atom stereocenters. The number of carbonyl (C=O) groups is 3.